The molecule has 0 fully saturated rings. The number of carboxylic acids is 1. The Kier molecular flexibility index (Phi) is 4.01. The zero-order chi connectivity index (χ0) is 13.8. The number of carboxylic acid groups (broad SMARTS) is 1. The van der Waals surface area contributed by atoms with Crippen molar-refractivity contribution in [2.75, 3.05) is 20.3 Å². The van der Waals surface area contributed by atoms with Crippen LogP contribution in [0, 0.1) is 0 Å². The molecule has 2 N–H and O–H groups in total. The van der Waals surface area contributed by atoms with E-state index in [1.165, 1.54) is 0 Å². The van der Waals surface area contributed by atoms with E-state index in [1.807, 2.05) is 0 Å². The fraction of sp³-hybridized carbons (Fsp3) is 0.385. The van der Waals surface area contributed by atoms with Crippen molar-refractivity contribution in [1.29, 1.82) is 0 Å². The second-order valence-electron chi connectivity index (χ2n) is 4.16. The summed E-state index contributed by atoms with van der Waals surface area (Å²) >= 11 is 0. The van der Waals surface area contributed by atoms with Crippen molar-refractivity contribution in [3.8, 4) is 11.5 Å². The molecule has 6 heteroatoms. The summed E-state index contributed by atoms with van der Waals surface area (Å²) in [7, 11) is 1.56. The van der Waals surface area contributed by atoms with Crippen LogP contribution in [0.3, 0.4) is 0 Å². The van der Waals surface area contributed by atoms with E-state index in [0.717, 1.165) is 0 Å². The van der Waals surface area contributed by atoms with E-state index in [9.17, 15) is 9.59 Å². The lowest BCUT2D eigenvalue weighted by molar-refractivity contribution is -0.137. The maximum Gasteiger partial charge on any atom is 0.305 e. The number of benzene rings is 1. The van der Waals surface area contributed by atoms with Gasteiger partial charge in [0.15, 0.2) is 17.3 Å². The van der Waals surface area contributed by atoms with Gasteiger partial charge in [0.05, 0.1) is 12.5 Å². The van der Waals surface area contributed by atoms with E-state index in [4.69, 9.17) is 14.6 Å². The summed E-state index contributed by atoms with van der Waals surface area (Å²) in [5.41, 5.74) is 0.407. The van der Waals surface area contributed by atoms with Crippen LogP contribution in [0.2, 0.25) is 0 Å². The summed E-state index contributed by atoms with van der Waals surface area (Å²) in [6.07, 6.45) is -0.260. The van der Waals surface area contributed by atoms with Gasteiger partial charge in [0.2, 0.25) is 0 Å². The van der Waals surface area contributed by atoms with Gasteiger partial charge in [-0.3, -0.25) is 9.59 Å². The number of nitrogens with one attached hydrogen (secondary N) is 1. The average Bonchev–Trinajstić information content (AvgIpc) is 2.43. The molecule has 0 aliphatic carbocycles. The highest BCUT2D eigenvalue weighted by Gasteiger charge is 2.23. The van der Waals surface area contributed by atoms with Gasteiger partial charge in [-0.25, -0.2) is 0 Å². The van der Waals surface area contributed by atoms with Crippen LogP contribution in [0.25, 0.3) is 0 Å². The van der Waals surface area contributed by atoms with Crippen LogP contribution in [0.5, 0.6) is 11.5 Å². The summed E-state index contributed by atoms with van der Waals surface area (Å²) in [6.45, 7) is 0.924. The van der Waals surface area contributed by atoms with E-state index < -0.39 is 12.0 Å². The first-order chi connectivity index (χ1) is 9.11. The predicted octanol–water partition coefficient (Wildman–Crippen LogP) is 0.703. The molecular formula is C13H15NO5. The Morgan fingerprint density at radius 2 is 2.00 bits per heavy atom. The van der Waals surface area contributed by atoms with E-state index in [0.29, 0.717) is 30.3 Å². The Hall–Kier alpha value is -2.08. The number of fused-ring (bicyclic) bond motifs is 1. The van der Waals surface area contributed by atoms with Gasteiger partial charge in [-0.2, -0.15) is 0 Å². The molecule has 0 amide bonds. The van der Waals surface area contributed by atoms with Crippen LogP contribution < -0.4 is 14.8 Å². The van der Waals surface area contributed by atoms with E-state index in [1.54, 1.807) is 25.2 Å². The molecule has 102 valence electrons. The number of ketones is 1. The Morgan fingerprint density at radius 1 is 1.32 bits per heavy atom. The van der Waals surface area contributed by atoms with Crippen LogP contribution >= 0.6 is 0 Å². The first-order valence-corrected chi connectivity index (χ1v) is 5.94. The van der Waals surface area contributed by atoms with Gasteiger partial charge in [0.25, 0.3) is 0 Å². The van der Waals surface area contributed by atoms with Crippen molar-refractivity contribution in [2.45, 2.75) is 12.5 Å². The lowest BCUT2D eigenvalue weighted by Crippen LogP contribution is -2.36. The summed E-state index contributed by atoms with van der Waals surface area (Å²) in [6, 6.07) is 4.11. The standard InChI is InChI=1S/C13H15NO5/c1-14-9(7-12(15)16)13(17)8-2-3-10-11(6-8)19-5-4-18-10/h2-3,6,9,14H,4-5,7H2,1H3,(H,15,16). The molecular weight excluding hydrogens is 250 g/mol. The number of likely N-dealkylation sites (N-methyl/N-ethyl adjacent to an activating group) is 1. The lowest BCUT2D eigenvalue weighted by atomic mass is 10.0. The molecule has 0 bridgehead atoms. The van der Waals surface area contributed by atoms with Crippen molar-refractivity contribution in [1.82, 2.24) is 5.32 Å². The number of hydrogen-bond donors (Lipinski definition) is 2. The van der Waals surface area contributed by atoms with Gasteiger partial charge in [0.1, 0.15) is 13.2 Å². The molecule has 19 heavy (non-hydrogen) atoms. The zero-order valence-electron chi connectivity index (χ0n) is 10.5. The Morgan fingerprint density at radius 3 is 2.63 bits per heavy atom. The SMILES string of the molecule is CNC(CC(=O)O)C(=O)c1ccc2c(c1)OCCO2. The zero-order valence-corrected chi connectivity index (χ0v) is 10.5. The molecule has 0 saturated heterocycles. The second-order valence-corrected chi connectivity index (χ2v) is 4.16. The van der Waals surface area contributed by atoms with E-state index >= 15 is 0 Å². The Bertz CT molecular complexity index is 500. The predicted molar refractivity (Wildman–Crippen MR) is 66.9 cm³/mol. The van der Waals surface area contributed by atoms with Crippen molar-refractivity contribution < 1.29 is 24.2 Å². The van der Waals surface area contributed by atoms with Gasteiger partial charge >= 0.3 is 5.97 Å². The van der Waals surface area contributed by atoms with Gasteiger partial charge in [-0.1, -0.05) is 0 Å². The minimum atomic E-state index is -1.02. The highest BCUT2D eigenvalue weighted by molar-refractivity contribution is 6.02. The molecule has 1 aliphatic heterocycles. The Labute approximate surface area is 110 Å². The first kappa shape index (κ1) is 13.4. The van der Waals surface area contributed by atoms with Crippen molar-refractivity contribution in [3.05, 3.63) is 23.8 Å². The van der Waals surface area contributed by atoms with Crippen molar-refractivity contribution >= 4 is 11.8 Å². The number of aliphatic carboxylic acids is 1. The number of rotatable bonds is 5. The van der Waals surface area contributed by atoms with Crippen LogP contribution in [0.15, 0.2) is 18.2 Å². The molecule has 1 aliphatic rings. The van der Waals surface area contributed by atoms with E-state index in [2.05, 4.69) is 5.32 Å². The first-order valence-electron chi connectivity index (χ1n) is 5.94. The van der Waals surface area contributed by atoms with Gasteiger partial charge in [-0.15, -0.1) is 0 Å². The molecule has 0 aromatic heterocycles. The summed E-state index contributed by atoms with van der Waals surface area (Å²) < 4.78 is 10.8. The highest BCUT2D eigenvalue weighted by atomic mass is 16.6. The topological polar surface area (TPSA) is 84.9 Å². The largest absolute Gasteiger partial charge is 0.486 e. The number of hydrogen-bond acceptors (Lipinski definition) is 5. The van der Waals surface area contributed by atoms with Gasteiger partial charge in [0, 0.05) is 5.56 Å². The Balaban J connectivity index is 2.20. The second kappa shape index (κ2) is 5.71. The average molecular weight is 265 g/mol. The fourth-order valence-corrected chi connectivity index (χ4v) is 1.90. The van der Waals surface area contributed by atoms with Crippen LogP contribution in [-0.4, -0.2) is 43.2 Å². The third-order valence-corrected chi connectivity index (χ3v) is 2.87. The lowest BCUT2D eigenvalue weighted by Gasteiger charge is -2.19. The smallest absolute Gasteiger partial charge is 0.305 e. The summed E-state index contributed by atoms with van der Waals surface area (Å²) in [5.74, 6) is -0.184. The number of carbonyl (C=O) groups is 2. The molecule has 0 saturated carbocycles. The van der Waals surface area contributed by atoms with Crippen molar-refractivity contribution in [3.63, 3.8) is 0 Å². The molecule has 1 unspecified atom stereocenters. The minimum absolute atomic E-state index is 0.260. The normalized spacial score (nSPS) is 14.8. The molecule has 1 atom stereocenters. The minimum Gasteiger partial charge on any atom is -0.486 e. The van der Waals surface area contributed by atoms with Crippen LogP contribution in [-0.2, 0) is 4.79 Å². The molecule has 6 nitrogen and oxygen atoms in total. The quantitative estimate of drug-likeness (QED) is 0.762. The summed E-state index contributed by atoms with van der Waals surface area (Å²) in [4.78, 5) is 22.9. The molecule has 0 spiro atoms. The van der Waals surface area contributed by atoms with Crippen molar-refractivity contribution in [2.24, 2.45) is 0 Å². The number of ether oxygens (including phenoxy) is 2. The van der Waals surface area contributed by atoms with Gasteiger partial charge in [-0.05, 0) is 25.2 Å². The third kappa shape index (κ3) is 3.03. The molecule has 1 aromatic carbocycles. The van der Waals surface area contributed by atoms with Crippen LogP contribution in [0.1, 0.15) is 16.8 Å². The maximum absolute atomic E-state index is 12.2. The highest BCUT2D eigenvalue weighted by Crippen LogP contribution is 2.31. The van der Waals surface area contributed by atoms with Crippen LogP contribution in [0.4, 0.5) is 0 Å². The third-order valence-electron chi connectivity index (χ3n) is 2.87. The molecule has 1 aromatic rings. The maximum atomic E-state index is 12.2. The van der Waals surface area contributed by atoms with Gasteiger partial charge < -0.3 is 19.9 Å². The monoisotopic (exact) mass is 265 g/mol. The fourth-order valence-electron chi connectivity index (χ4n) is 1.90. The summed E-state index contributed by atoms with van der Waals surface area (Å²) in [5, 5.41) is 11.5. The molecule has 1 heterocycles. The molecule has 0 radical (unpaired) electrons. The number of carbonyl (C=O) groups excluding carboxylic acids is 1. The number of Topliss-reactive ketones (excluding diaryl/α,β-unsaturated/α-hetero) is 1. The van der Waals surface area contributed by atoms with E-state index in [-0.39, 0.29) is 12.2 Å². The molecule has 2 rings (SSSR count).